The zero-order valence-corrected chi connectivity index (χ0v) is 40.7. The first-order valence-corrected chi connectivity index (χ1v) is 24.3. The van der Waals surface area contributed by atoms with Crippen LogP contribution in [0, 0.1) is 0 Å². The minimum Gasteiger partial charge on any atom is -0.423 e. The third-order valence-electron chi connectivity index (χ3n) is 13.6. The molecule has 0 bridgehead atoms. The zero-order valence-electron chi connectivity index (χ0n) is 39.1. The van der Waals surface area contributed by atoms with Crippen molar-refractivity contribution in [1.82, 2.24) is 9.97 Å². The highest BCUT2D eigenvalue weighted by Crippen LogP contribution is 2.54. The van der Waals surface area contributed by atoms with E-state index >= 15 is 0 Å². The molecule has 0 unspecified atom stereocenters. The highest BCUT2D eigenvalue weighted by atomic mass is 79.9. The number of fused-ring (bicyclic) bond motifs is 4. The van der Waals surface area contributed by atoms with E-state index in [4.69, 9.17) is 20.1 Å². The van der Waals surface area contributed by atoms with Crippen molar-refractivity contribution in [3.8, 4) is 34.3 Å². The molecule has 0 amide bonds. The van der Waals surface area contributed by atoms with Crippen LogP contribution in [0.25, 0.3) is 32.8 Å². The van der Waals surface area contributed by atoms with Crippen molar-refractivity contribution in [2.24, 2.45) is 0 Å². The minimum absolute atomic E-state index is 0.00696. The summed E-state index contributed by atoms with van der Waals surface area (Å²) in [6, 6.07) is 42.6. The fraction of sp³-hybridized carbons (Fsp3) is 0.214. The summed E-state index contributed by atoms with van der Waals surface area (Å²) >= 11 is 3.47. The van der Waals surface area contributed by atoms with Gasteiger partial charge in [-0.25, -0.2) is 4.98 Å². The molecule has 4 aliphatic rings. The van der Waals surface area contributed by atoms with Gasteiger partial charge < -0.3 is 39.2 Å². The average molecular weight is 1070 g/mol. The summed E-state index contributed by atoms with van der Waals surface area (Å²) in [4.78, 5) is 36.0. The maximum absolute atomic E-state index is 13.5. The van der Waals surface area contributed by atoms with Gasteiger partial charge in [0.2, 0.25) is 0 Å². The Hall–Kier alpha value is -7.22. The summed E-state index contributed by atoms with van der Waals surface area (Å²) in [6.45, 7) is -0.0651. The van der Waals surface area contributed by atoms with E-state index in [0.29, 0.717) is 58.3 Å². The van der Waals surface area contributed by atoms with Crippen molar-refractivity contribution in [1.29, 1.82) is 0 Å². The quantitative estimate of drug-likeness (QED) is 0.0519. The molecule has 8 aromatic rings. The summed E-state index contributed by atoms with van der Waals surface area (Å²) in [5.74, 6) is -0.121. The first-order chi connectivity index (χ1) is 35.5. The molecule has 0 radical (unpaired) electrons. The van der Waals surface area contributed by atoms with Crippen LogP contribution < -0.4 is 24.4 Å². The first kappa shape index (κ1) is 50.3. The molecule has 2 aliphatic carbocycles. The van der Waals surface area contributed by atoms with Crippen LogP contribution in [0.4, 0.5) is 17.6 Å². The Labute approximate surface area is 429 Å². The largest absolute Gasteiger partial charge is 0.586 e. The Kier molecular flexibility index (Phi) is 13.5. The van der Waals surface area contributed by atoms with Gasteiger partial charge in [-0.15, -0.1) is 17.6 Å². The Balaban J connectivity index is 0.000000143. The predicted molar refractivity (Wildman–Crippen MR) is 269 cm³/mol. The second kappa shape index (κ2) is 19.9. The third-order valence-corrected chi connectivity index (χ3v) is 14.2. The topological polar surface area (TPSA) is 178 Å². The number of hydrogen-bond donors (Lipinski definition) is 4. The lowest BCUT2D eigenvalue weighted by Gasteiger charge is -2.16. The second-order valence-corrected chi connectivity index (χ2v) is 19.2. The number of hydrogen-bond acceptors (Lipinski definition) is 12. The smallest absolute Gasteiger partial charge is 0.423 e. The molecule has 2 aliphatic heterocycles. The molecule has 6 aromatic carbocycles. The van der Waals surface area contributed by atoms with Gasteiger partial charge in [0.15, 0.2) is 23.0 Å². The number of carbonyl (C=O) groups excluding carboxylic acids is 2. The predicted octanol–water partition coefficient (Wildman–Crippen LogP) is 9.58. The SMILES string of the molecule is O=C(Cc1cc2ccccc2c(-c2ccc(CO)cc2)n1)C1(c2ccc3c(c2)OC(F)(F)O3)CC1.O=C(Cc1cc2ccccc2c(Br)n1)C1(c2ccc3c(c2)OC(F)(F)O3)CC1.OCc1ccc(B(O)O)cc1. The van der Waals surface area contributed by atoms with E-state index in [1.165, 1.54) is 24.3 Å². The van der Waals surface area contributed by atoms with Gasteiger partial charge in [0.25, 0.3) is 0 Å². The number of aliphatic hydroxyl groups is 2. The third kappa shape index (κ3) is 10.5. The van der Waals surface area contributed by atoms with E-state index in [0.717, 1.165) is 43.9 Å². The van der Waals surface area contributed by atoms with Crippen LogP contribution in [0.2, 0.25) is 0 Å². The van der Waals surface area contributed by atoms with E-state index in [-0.39, 0.29) is 60.6 Å². The number of nitrogens with zero attached hydrogens (tertiary/aromatic N) is 2. The van der Waals surface area contributed by atoms with Crippen LogP contribution >= 0.6 is 15.9 Å². The molecule has 0 saturated heterocycles. The average Bonchev–Trinajstić information content (AvgIpc) is 4.32. The number of pyridine rings is 2. The van der Waals surface area contributed by atoms with E-state index in [1.807, 2.05) is 84.9 Å². The first-order valence-electron chi connectivity index (χ1n) is 23.5. The maximum Gasteiger partial charge on any atom is 0.586 e. The highest BCUT2D eigenvalue weighted by molar-refractivity contribution is 9.10. The number of ketones is 2. The van der Waals surface area contributed by atoms with Gasteiger partial charge >= 0.3 is 19.7 Å². The Morgan fingerprint density at radius 1 is 0.541 bits per heavy atom. The summed E-state index contributed by atoms with van der Waals surface area (Å²) in [5.41, 5.74) is 4.92. The van der Waals surface area contributed by atoms with Gasteiger partial charge in [0.1, 0.15) is 16.2 Å². The molecule has 4 N–H and O–H groups in total. The number of ether oxygens (including phenoxy) is 4. The number of benzene rings is 6. The van der Waals surface area contributed by atoms with Gasteiger partial charge in [-0.3, -0.25) is 14.6 Å². The van der Waals surface area contributed by atoms with Crippen LogP contribution in [-0.4, -0.2) is 61.5 Å². The van der Waals surface area contributed by atoms with Crippen LogP contribution in [-0.2, 0) is 46.5 Å². The second-order valence-electron chi connectivity index (χ2n) is 18.5. The molecule has 12 nitrogen and oxygen atoms in total. The molecule has 2 aromatic heterocycles. The number of Topliss-reactive ketones (excluding diaryl/α,β-unsaturated/α-hetero) is 2. The van der Waals surface area contributed by atoms with Gasteiger partial charge in [-0.2, -0.15) is 0 Å². The van der Waals surface area contributed by atoms with Crippen LogP contribution in [0.1, 0.15) is 59.3 Å². The number of rotatable bonds is 12. The molecule has 74 heavy (non-hydrogen) atoms. The summed E-state index contributed by atoms with van der Waals surface area (Å²) in [6.07, 6.45) is -4.42. The Morgan fingerprint density at radius 3 is 1.45 bits per heavy atom. The van der Waals surface area contributed by atoms with E-state index in [2.05, 4.69) is 39.9 Å². The monoisotopic (exact) mass is 1070 g/mol. The van der Waals surface area contributed by atoms with Crippen molar-refractivity contribution < 1.29 is 66.4 Å². The molecule has 0 atom stereocenters. The number of carbonyl (C=O) groups is 2. The lowest BCUT2D eigenvalue weighted by atomic mass is 9.80. The lowest BCUT2D eigenvalue weighted by Crippen LogP contribution is -2.29. The van der Waals surface area contributed by atoms with Gasteiger partial charge in [-0.1, -0.05) is 109 Å². The highest BCUT2D eigenvalue weighted by Gasteiger charge is 2.53. The number of halogens is 5. The van der Waals surface area contributed by atoms with Crippen LogP contribution in [0.15, 0.2) is 150 Å². The van der Waals surface area contributed by atoms with Crippen molar-refractivity contribution in [2.75, 3.05) is 0 Å². The van der Waals surface area contributed by atoms with Crippen molar-refractivity contribution in [3.63, 3.8) is 0 Å². The Morgan fingerprint density at radius 2 is 0.973 bits per heavy atom. The number of aromatic nitrogens is 2. The van der Waals surface area contributed by atoms with Crippen molar-refractivity contribution in [2.45, 2.75) is 75.2 Å². The van der Waals surface area contributed by atoms with Crippen molar-refractivity contribution in [3.05, 3.63) is 184 Å². The molecule has 4 heterocycles. The number of alkyl halides is 4. The summed E-state index contributed by atoms with van der Waals surface area (Å²) in [7, 11) is -1.43. The molecule has 0 spiro atoms. The van der Waals surface area contributed by atoms with Gasteiger partial charge in [0, 0.05) is 40.6 Å². The molecule has 2 fully saturated rings. The normalized spacial score (nSPS) is 16.3. The molecular weight excluding hydrogens is 1030 g/mol. The molecular formula is C56H44BBrF4N2O10. The van der Waals surface area contributed by atoms with E-state index in [1.54, 1.807) is 36.4 Å². The van der Waals surface area contributed by atoms with Crippen LogP contribution in [0.5, 0.6) is 23.0 Å². The summed E-state index contributed by atoms with van der Waals surface area (Å²) < 4.78 is 72.2. The van der Waals surface area contributed by atoms with E-state index in [9.17, 15) is 32.3 Å². The van der Waals surface area contributed by atoms with Crippen LogP contribution in [0.3, 0.4) is 0 Å². The maximum atomic E-state index is 13.5. The minimum atomic E-state index is -3.69. The zero-order chi connectivity index (χ0) is 52.0. The number of aliphatic hydroxyl groups excluding tert-OH is 2. The van der Waals surface area contributed by atoms with Gasteiger partial charge in [0.05, 0.1) is 29.7 Å². The molecule has 376 valence electrons. The Bertz CT molecular complexity index is 3450. The molecule has 12 rings (SSSR count). The van der Waals surface area contributed by atoms with Gasteiger partial charge in [-0.05, 0) is 117 Å². The van der Waals surface area contributed by atoms with E-state index < -0.39 is 30.5 Å². The van der Waals surface area contributed by atoms with Crippen molar-refractivity contribution >= 4 is 61.6 Å². The molecule has 18 heteroatoms. The fourth-order valence-electron chi connectivity index (χ4n) is 9.30. The lowest BCUT2D eigenvalue weighted by molar-refractivity contribution is -0.287. The fourth-order valence-corrected chi connectivity index (χ4v) is 9.88. The summed E-state index contributed by atoms with van der Waals surface area (Å²) in [5, 5.41) is 39.3. The molecule has 2 saturated carbocycles. The standard InChI is InChI=1S/C28H21F2NO4.C21H14BrF2NO3.C7H9BO3/c29-28(30)34-23-10-9-20(14-24(23)35-28)27(11-12-27)25(33)15-21-13-19-3-1-2-4-22(19)26(31-21)18-7-5-17(16-32)6-8-18;22-19-15-4-2-1-3-12(15)9-14(25-19)11-18(26)20(7-8-20)13-5-6-16-17(10-13)28-21(23,24)27-16;9-5-6-1-3-7(4-2-6)8(10)11/h1-10,13-14,32H,11-12,15-16H2;1-6,9-10H,7-8,11H2;1-4,9-11H,5H2.